The maximum Gasteiger partial charge on any atom is 0.345 e. The summed E-state index contributed by atoms with van der Waals surface area (Å²) in [5.41, 5.74) is 3.37. The van der Waals surface area contributed by atoms with Crippen LogP contribution in [0.25, 0.3) is 22.5 Å². The van der Waals surface area contributed by atoms with Gasteiger partial charge in [-0.05, 0) is 73.2 Å². The zero-order valence-corrected chi connectivity index (χ0v) is 17.6. The first kappa shape index (κ1) is 20.8. The normalized spacial score (nSPS) is 14.4. The third kappa shape index (κ3) is 5.02. The fourth-order valence-corrected chi connectivity index (χ4v) is 4.13. The minimum atomic E-state index is -0.467. The molecule has 1 aliphatic carbocycles. The van der Waals surface area contributed by atoms with Gasteiger partial charge in [-0.25, -0.2) is 4.79 Å². The molecular formula is C25H27N3O3. The van der Waals surface area contributed by atoms with Gasteiger partial charge in [0.2, 0.25) is 0 Å². The lowest BCUT2D eigenvalue weighted by Crippen LogP contribution is -2.30. The zero-order valence-electron chi connectivity index (χ0n) is 17.6. The summed E-state index contributed by atoms with van der Waals surface area (Å²) < 4.78 is 0. The van der Waals surface area contributed by atoms with E-state index in [4.69, 9.17) is 0 Å². The topological polar surface area (TPSA) is 95.1 Å². The number of hydrogen-bond acceptors (Lipinski definition) is 4. The average Bonchev–Trinajstić information content (AvgIpc) is 2.79. The molecule has 0 atom stereocenters. The van der Waals surface area contributed by atoms with E-state index in [2.05, 4.69) is 15.3 Å². The predicted octanol–water partition coefficient (Wildman–Crippen LogP) is 4.43. The number of phenols is 1. The van der Waals surface area contributed by atoms with Gasteiger partial charge in [-0.3, -0.25) is 4.79 Å². The fraction of sp³-hybridized carbons (Fsp3) is 0.320. The van der Waals surface area contributed by atoms with E-state index in [0.717, 1.165) is 5.56 Å². The highest BCUT2D eigenvalue weighted by atomic mass is 16.3. The predicted molar refractivity (Wildman–Crippen MR) is 121 cm³/mol. The molecule has 1 heterocycles. The van der Waals surface area contributed by atoms with Crippen LogP contribution >= 0.6 is 0 Å². The number of hydrogen-bond donors (Lipinski definition) is 3. The summed E-state index contributed by atoms with van der Waals surface area (Å²) in [6.45, 7) is 2.51. The van der Waals surface area contributed by atoms with Gasteiger partial charge in [0, 0.05) is 17.7 Å². The number of rotatable bonds is 5. The molecule has 0 saturated heterocycles. The van der Waals surface area contributed by atoms with Gasteiger partial charge in [0.15, 0.2) is 0 Å². The molecule has 1 saturated carbocycles. The van der Waals surface area contributed by atoms with Crippen molar-refractivity contribution in [1.29, 1.82) is 0 Å². The highest BCUT2D eigenvalue weighted by Crippen LogP contribution is 2.26. The Bertz CT molecular complexity index is 1150. The molecule has 31 heavy (non-hydrogen) atoms. The van der Waals surface area contributed by atoms with E-state index in [9.17, 15) is 14.7 Å². The summed E-state index contributed by atoms with van der Waals surface area (Å²) in [6.07, 6.45) is 6.13. The smallest absolute Gasteiger partial charge is 0.345 e. The van der Waals surface area contributed by atoms with Crippen LogP contribution in [0, 0.1) is 12.8 Å². The molecule has 1 aromatic heterocycles. The number of carbonyl (C=O) groups excluding carboxylic acids is 1. The average molecular weight is 418 g/mol. The molecule has 6 nitrogen and oxygen atoms in total. The molecule has 0 spiro atoms. The number of aryl methyl sites for hydroxylation is 1. The van der Waals surface area contributed by atoms with E-state index >= 15 is 0 Å². The van der Waals surface area contributed by atoms with E-state index < -0.39 is 5.69 Å². The van der Waals surface area contributed by atoms with Gasteiger partial charge >= 0.3 is 5.69 Å². The van der Waals surface area contributed by atoms with Crippen LogP contribution in [0.1, 0.15) is 48.0 Å². The number of aromatic hydroxyl groups is 1. The molecule has 160 valence electrons. The third-order valence-corrected chi connectivity index (χ3v) is 5.95. The van der Waals surface area contributed by atoms with Crippen LogP contribution in [0.15, 0.2) is 53.3 Å². The molecule has 0 unspecified atom stereocenters. The summed E-state index contributed by atoms with van der Waals surface area (Å²) in [6, 6.07) is 14.1. The Hall–Kier alpha value is -3.41. The Morgan fingerprint density at radius 1 is 1.10 bits per heavy atom. The number of nitrogens with one attached hydrogen (secondary N) is 2. The molecule has 6 heteroatoms. The Balaban J connectivity index is 1.57. The SMILES string of the molecule is Cc1cc(-c2cc(-c3cccc(C(=O)NCC4CCCCC4)c3)nc(=O)[nH]2)ccc1O. The Labute approximate surface area is 181 Å². The first-order valence-corrected chi connectivity index (χ1v) is 10.8. The van der Waals surface area contributed by atoms with Gasteiger partial charge in [-0.1, -0.05) is 31.4 Å². The molecule has 0 aliphatic heterocycles. The van der Waals surface area contributed by atoms with Crippen molar-refractivity contribution in [2.45, 2.75) is 39.0 Å². The summed E-state index contributed by atoms with van der Waals surface area (Å²) in [5.74, 6) is 0.658. The number of nitrogens with zero attached hydrogens (tertiary/aromatic N) is 1. The minimum Gasteiger partial charge on any atom is -0.508 e. The van der Waals surface area contributed by atoms with Gasteiger partial charge in [-0.15, -0.1) is 0 Å². The second kappa shape index (κ2) is 9.16. The second-order valence-electron chi connectivity index (χ2n) is 8.28. The molecule has 0 radical (unpaired) electrons. The van der Waals surface area contributed by atoms with E-state index in [-0.39, 0.29) is 11.7 Å². The molecule has 1 amide bonds. The number of carbonyl (C=O) groups is 1. The quantitative estimate of drug-likeness (QED) is 0.572. The molecule has 3 N–H and O–H groups in total. The number of amides is 1. The van der Waals surface area contributed by atoms with Crippen molar-refractivity contribution in [2.75, 3.05) is 6.54 Å². The van der Waals surface area contributed by atoms with E-state index in [0.29, 0.717) is 40.5 Å². The van der Waals surface area contributed by atoms with Crippen molar-refractivity contribution < 1.29 is 9.90 Å². The standard InChI is InChI=1S/C25H27N3O3/c1-16-12-19(10-11-23(16)29)22-14-21(27-25(31)28-22)18-8-5-9-20(13-18)24(30)26-15-17-6-3-2-4-7-17/h5,8-14,17,29H,2-4,6-7,15H2,1H3,(H,26,30)(H,27,28,31). The Kier molecular flexibility index (Phi) is 6.16. The van der Waals surface area contributed by atoms with E-state index in [1.165, 1.54) is 32.1 Å². The van der Waals surface area contributed by atoms with Crippen LogP contribution in [0.4, 0.5) is 0 Å². The summed E-state index contributed by atoms with van der Waals surface area (Å²) in [5, 5.41) is 12.8. The van der Waals surface area contributed by atoms with Crippen molar-refractivity contribution in [3.05, 3.63) is 70.1 Å². The van der Waals surface area contributed by atoms with E-state index in [1.807, 2.05) is 6.07 Å². The highest BCUT2D eigenvalue weighted by Gasteiger charge is 2.15. The fourth-order valence-electron chi connectivity index (χ4n) is 4.13. The summed E-state index contributed by atoms with van der Waals surface area (Å²) in [4.78, 5) is 31.7. The first-order chi connectivity index (χ1) is 15.0. The maximum atomic E-state index is 12.7. The number of aromatic amines is 1. The second-order valence-corrected chi connectivity index (χ2v) is 8.28. The largest absolute Gasteiger partial charge is 0.508 e. The van der Waals surface area contributed by atoms with Gasteiger partial charge in [0.1, 0.15) is 5.75 Å². The van der Waals surface area contributed by atoms with Gasteiger partial charge in [-0.2, -0.15) is 4.98 Å². The van der Waals surface area contributed by atoms with Crippen LogP contribution in [0.2, 0.25) is 0 Å². The minimum absolute atomic E-state index is 0.105. The third-order valence-electron chi connectivity index (χ3n) is 5.95. The van der Waals surface area contributed by atoms with Crippen molar-refractivity contribution >= 4 is 5.91 Å². The van der Waals surface area contributed by atoms with Crippen LogP contribution in [-0.2, 0) is 0 Å². The van der Waals surface area contributed by atoms with Crippen molar-refractivity contribution in [3.8, 4) is 28.3 Å². The molecule has 3 aromatic rings. The van der Waals surface area contributed by atoms with Crippen LogP contribution in [0.5, 0.6) is 5.75 Å². The summed E-state index contributed by atoms with van der Waals surface area (Å²) in [7, 11) is 0. The molecule has 1 aliphatic rings. The van der Waals surface area contributed by atoms with Gasteiger partial charge < -0.3 is 15.4 Å². The van der Waals surface area contributed by atoms with Gasteiger partial charge in [0.05, 0.1) is 11.4 Å². The monoisotopic (exact) mass is 417 g/mol. The van der Waals surface area contributed by atoms with Crippen molar-refractivity contribution in [2.24, 2.45) is 5.92 Å². The number of aromatic nitrogens is 2. The van der Waals surface area contributed by atoms with Crippen LogP contribution < -0.4 is 11.0 Å². The van der Waals surface area contributed by atoms with Gasteiger partial charge in [0.25, 0.3) is 5.91 Å². The Morgan fingerprint density at radius 3 is 2.68 bits per heavy atom. The lowest BCUT2D eigenvalue weighted by molar-refractivity contribution is 0.0943. The Morgan fingerprint density at radius 2 is 1.90 bits per heavy atom. The van der Waals surface area contributed by atoms with Crippen LogP contribution in [0.3, 0.4) is 0 Å². The maximum absolute atomic E-state index is 12.7. The lowest BCUT2D eigenvalue weighted by atomic mass is 9.89. The summed E-state index contributed by atoms with van der Waals surface area (Å²) >= 11 is 0. The van der Waals surface area contributed by atoms with E-state index in [1.54, 1.807) is 49.4 Å². The molecule has 0 bridgehead atoms. The highest BCUT2D eigenvalue weighted by molar-refractivity contribution is 5.95. The number of phenolic OH excluding ortho intramolecular Hbond substituents is 1. The first-order valence-electron chi connectivity index (χ1n) is 10.8. The zero-order chi connectivity index (χ0) is 21.8. The lowest BCUT2D eigenvalue weighted by Gasteiger charge is -2.21. The molecule has 2 aromatic carbocycles. The molecule has 4 rings (SSSR count). The molecular weight excluding hydrogens is 390 g/mol. The van der Waals surface area contributed by atoms with Crippen molar-refractivity contribution in [3.63, 3.8) is 0 Å². The van der Waals surface area contributed by atoms with Crippen molar-refractivity contribution in [1.82, 2.24) is 15.3 Å². The number of benzene rings is 2. The number of H-pyrrole nitrogens is 1. The van der Waals surface area contributed by atoms with Crippen LogP contribution in [-0.4, -0.2) is 27.5 Å². The molecule has 1 fully saturated rings.